The number of alkyl halides is 1. The zero-order valence-electron chi connectivity index (χ0n) is 25.4. The molecule has 2 aromatic rings. The lowest BCUT2D eigenvalue weighted by Gasteiger charge is -2.37. The number of nitrogens with zero attached hydrogens (tertiary/aromatic N) is 2. The fraction of sp³-hybridized carbons (Fsp3) is 0.394. The summed E-state index contributed by atoms with van der Waals surface area (Å²) in [5.74, 6) is -1.86. The predicted molar refractivity (Wildman–Crippen MR) is 171 cm³/mol. The Hall–Kier alpha value is -3.71. The molecule has 0 aliphatic carbocycles. The molecule has 3 amide bonds. The van der Waals surface area contributed by atoms with E-state index in [2.05, 4.69) is 29.2 Å². The van der Waals surface area contributed by atoms with Crippen molar-refractivity contribution in [2.24, 2.45) is 5.92 Å². The second-order valence-electron chi connectivity index (χ2n) is 11.6. The summed E-state index contributed by atoms with van der Waals surface area (Å²) >= 11 is 2.13. The third-order valence-electron chi connectivity index (χ3n) is 7.35. The van der Waals surface area contributed by atoms with E-state index in [0.717, 1.165) is 16.7 Å². The van der Waals surface area contributed by atoms with Gasteiger partial charge in [0.15, 0.2) is 0 Å². The van der Waals surface area contributed by atoms with Gasteiger partial charge in [-0.05, 0) is 50.1 Å². The summed E-state index contributed by atoms with van der Waals surface area (Å²) in [5, 5.41) is 0. The molecule has 2 aliphatic heterocycles. The minimum absolute atomic E-state index is 0.0395. The molecule has 5 atom stereocenters. The number of imide groups is 1. The van der Waals surface area contributed by atoms with Crippen molar-refractivity contribution in [3.8, 4) is 5.75 Å². The van der Waals surface area contributed by atoms with E-state index in [4.69, 9.17) is 18.9 Å². The van der Waals surface area contributed by atoms with Crippen molar-refractivity contribution < 1.29 is 38.1 Å². The molecule has 2 fully saturated rings. The molecule has 10 nitrogen and oxygen atoms in total. The highest BCUT2D eigenvalue weighted by Crippen LogP contribution is 2.52. The summed E-state index contributed by atoms with van der Waals surface area (Å²) in [6.45, 7) is 10.2. The Labute approximate surface area is 271 Å². The van der Waals surface area contributed by atoms with Crippen molar-refractivity contribution in [1.82, 2.24) is 9.80 Å². The first-order valence-electron chi connectivity index (χ1n) is 14.1. The molecule has 0 N–H and O–H groups in total. The first-order valence-corrected chi connectivity index (χ1v) is 15.4. The first kappa shape index (κ1) is 33.2. The summed E-state index contributed by atoms with van der Waals surface area (Å²) in [6.07, 6.45) is 2.70. The van der Waals surface area contributed by atoms with Crippen LogP contribution in [0.2, 0.25) is 0 Å². The highest BCUT2D eigenvalue weighted by Gasteiger charge is 2.69. The monoisotopic (exact) mass is 716 g/mol. The number of fused-ring (bicyclic) bond motifs is 1. The number of likely N-dealkylation sites (tertiary alicyclic amines) is 1. The Morgan fingerprint density at radius 1 is 1.09 bits per heavy atom. The number of carbonyl (C=O) groups is 4. The van der Waals surface area contributed by atoms with Crippen LogP contribution in [0.3, 0.4) is 0 Å². The number of hydrogen-bond acceptors (Lipinski definition) is 8. The maximum absolute atomic E-state index is 14.8. The van der Waals surface area contributed by atoms with Gasteiger partial charge in [-0.25, -0.2) is 9.69 Å². The van der Waals surface area contributed by atoms with E-state index in [9.17, 15) is 19.2 Å². The van der Waals surface area contributed by atoms with Crippen LogP contribution in [0.15, 0.2) is 79.6 Å². The highest BCUT2D eigenvalue weighted by molar-refractivity contribution is 14.1. The number of rotatable bonds is 9. The fourth-order valence-corrected chi connectivity index (χ4v) is 6.77. The van der Waals surface area contributed by atoms with E-state index in [-0.39, 0.29) is 19.0 Å². The second-order valence-corrected chi connectivity index (χ2v) is 13.1. The number of benzene rings is 2. The fourth-order valence-electron chi connectivity index (χ4n) is 5.46. The van der Waals surface area contributed by atoms with Gasteiger partial charge in [-0.2, -0.15) is 0 Å². The molecule has 4 rings (SSSR count). The molecule has 2 heterocycles. The summed E-state index contributed by atoms with van der Waals surface area (Å²) in [6, 6.07) is 14.8. The molecular weight excluding hydrogens is 679 g/mol. The molecule has 0 saturated carbocycles. The van der Waals surface area contributed by atoms with Crippen LogP contribution in [0.4, 0.5) is 4.79 Å². The second kappa shape index (κ2) is 13.5. The largest absolute Gasteiger partial charge is 0.497 e. The molecular formula is C33H37IN2O8. The summed E-state index contributed by atoms with van der Waals surface area (Å²) in [7, 11) is 1.56. The summed E-state index contributed by atoms with van der Waals surface area (Å²) < 4.78 is 22.2. The molecule has 0 radical (unpaired) electrons. The number of amides is 3. The maximum Gasteiger partial charge on any atom is 0.417 e. The Morgan fingerprint density at radius 3 is 2.32 bits per heavy atom. The molecule has 234 valence electrons. The van der Waals surface area contributed by atoms with E-state index in [0.29, 0.717) is 11.3 Å². The average molecular weight is 717 g/mol. The van der Waals surface area contributed by atoms with Crippen molar-refractivity contribution in [2.45, 2.75) is 68.1 Å². The Bertz CT molecular complexity index is 1420. The van der Waals surface area contributed by atoms with Gasteiger partial charge in [-0.3, -0.25) is 14.4 Å². The van der Waals surface area contributed by atoms with Crippen LogP contribution in [-0.2, 0) is 41.7 Å². The van der Waals surface area contributed by atoms with Crippen LogP contribution >= 0.6 is 22.6 Å². The van der Waals surface area contributed by atoms with Gasteiger partial charge in [0, 0.05) is 13.5 Å². The Morgan fingerprint density at radius 2 is 1.75 bits per heavy atom. The van der Waals surface area contributed by atoms with Crippen LogP contribution in [0.1, 0.15) is 38.8 Å². The Balaban J connectivity index is 1.87. The SMILES string of the molecule is C=C[C@@H]1O[C@@]2(C=COC(C)=O)[C@H](C(=O)N(Cc3ccccc3)C(=O)OC(C)(C)C)N(Cc3ccc(OC)cc3)C(=O)[C@H]2[C@@H]1I. The lowest BCUT2D eigenvalue weighted by Crippen LogP contribution is -2.57. The van der Waals surface area contributed by atoms with Gasteiger partial charge >= 0.3 is 12.1 Å². The minimum Gasteiger partial charge on any atom is -0.497 e. The number of halogens is 1. The van der Waals surface area contributed by atoms with Crippen molar-refractivity contribution in [1.29, 1.82) is 0 Å². The van der Waals surface area contributed by atoms with Gasteiger partial charge < -0.3 is 23.8 Å². The lowest BCUT2D eigenvalue weighted by molar-refractivity contribution is -0.147. The van der Waals surface area contributed by atoms with Crippen LogP contribution < -0.4 is 4.74 Å². The van der Waals surface area contributed by atoms with Gasteiger partial charge in [-0.1, -0.05) is 71.1 Å². The molecule has 2 saturated heterocycles. The zero-order valence-corrected chi connectivity index (χ0v) is 27.6. The predicted octanol–water partition coefficient (Wildman–Crippen LogP) is 5.19. The quantitative estimate of drug-likeness (QED) is 0.115. The van der Waals surface area contributed by atoms with Gasteiger partial charge in [0.05, 0.1) is 35.9 Å². The van der Waals surface area contributed by atoms with Gasteiger partial charge in [-0.15, -0.1) is 6.58 Å². The van der Waals surface area contributed by atoms with Crippen molar-refractivity contribution in [3.05, 3.63) is 90.7 Å². The molecule has 2 aliphatic rings. The molecule has 0 spiro atoms. The highest BCUT2D eigenvalue weighted by atomic mass is 127. The lowest BCUT2D eigenvalue weighted by atomic mass is 9.83. The van der Waals surface area contributed by atoms with E-state index in [1.165, 1.54) is 17.9 Å². The van der Waals surface area contributed by atoms with Crippen molar-refractivity contribution >= 4 is 46.5 Å². The number of hydrogen-bond donors (Lipinski definition) is 0. The van der Waals surface area contributed by atoms with E-state index < -0.39 is 51.2 Å². The Kier molecular flexibility index (Phi) is 10.2. The smallest absolute Gasteiger partial charge is 0.417 e. The van der Waals surface area contributed by atoms with E-state index in [1.807, 2.05) is 6.07 Å². The van der Waals surface area contributed by atoms with Crippen LogP contribution in [0.25, 0.3) is 0 Å². The first-order chi connectivity index (χ1) is 20.8. The normalized spacial score (nSPS) is 24.6. The molecule has 11 heteroatoms. The zero-order chi connectivity index (χ0) is 32.2. The van der Waals surface area contributed by atoms with Gasteiger partial charge in [0.2, 0.25) is 5.91 Å². The number of esters is 1. The topological polar surface area (TPSA) is 112 Å². The number of methoxy groups -OCH3 is 1. The van der Waals surface area contributed by atoms with Gasteiger partial charge in [0.25, 0.3) is 5.91 Å². The minimum atomic E-state index is -1.60. The standard InChI is InChI=1S/C33H37IN2O8/c1-7-25-27(34)26-29(38)35(19-23-13-15-24(41-6)16-14-23)28(33(26,43-25)17-18-42-21(2)37)30(39)36(31(40)44-32(3,4)5)20-22-11-9-8-10-12-22/h7-18,25-28H,1,19-20H2,2-6H3/t25-,26+,27+,28-,33+/m0/s1. The maximum atomic E-state index is 14.8. The number of carbonyl (C=O) groups excluding carboxylic acids is 4. The van der Waals surface area contributed by atoms with Crippen LogP contribution in [-0.4, -0.2) is 68.1 Å². The molecule has 2 aromatic carbocycles. The summed E-state index contributed by atoms with van der Waals surface area (Å²) in [4.78, 5) is 57.0. The van der Waals surface area contributed by atoms with Gasteiger partial charge in [0.1, 0.15) is 23.0 Å². The third kappa shape index (κ3) is 6.99. The molecule has 0 unspecified atom stereocenters. The average Bonchev–Trinajstić information content (AvgIpc) is 3.38. The molecule has 0 bridgehead atoms. The van der Waals surface area contributed by atoms with E-state index in [1.54, 1.807) is 82.5 Å². The van der Waals surface area contributed by atoms with E-state index >= 15 is 0 Å². The molecule has 44 heavy (non-hydrogen) atoms. The third-order valence-corrected chi connectivity index (χ3v) is 8.78. The van der Waals surface area contributed by atoms with Crippen molar-refractivity contribution in [3.63, 3.8) is 0 Å². The van der Waals surface area contributed by atoms with Crippen LogP contribution in [0.5, 0.6) is 5.75 Å². The number of ether oxygens (including phenoxy) is 4. The van der Waals surface area contributed by atoms with Crippen LogP contribution in [0, 0.1) is 5.92 Å². The molecule has 0 aromatic heterocycles. The van der Waals surface area contributed by atoms with Crippen molar-refractivity contribution in [2.75, 3.05) is 7.11 Å². The summed E-state index contributed by atoms with van der Waals surface area (Å²) in [5.41, 5.74) is -1.09.